The Hall–Kier alpha value is -1.75. The minimum atomic E-state index is -0.151. The number of rotatable bonds is 3. The van der Waals surface area contributed by atoms with Gasteiger partial charge in [-0.3, -0.25) is 4.79 Å². The summed E-state index contributed by atoms with van der Waals surface area (Å²) in [6.45, 7) is 7.77. The maximum Gasteiger partial charge on any atom is 0.270 e. The third-order valence-corrected chi connectivity index (χ3v) is 4.06. The fourth-order valence-electron chi connectivity index (χ4n) is 1.95. The van der Waals surface area contributed by atoms with E-state index in [0.29, 0.717) is 5.69 Å². The number of pyridine rings is 1. The molecule has 2 aromatic rings. The summed E-state index contributed by atoms with van der Waals surface area (Å²) in [7, 11) is 0. The predicted molar refractivity (Wildman–Crippen MR) is 76.4 cm³/mol. The quantitative estimate of drug-likeness (QED) is 0.937. The van der Waals surface area contributed by atoms with Crippen LogP contribution in [0.5, 0.6) is 0 Å². The monoisotopic (exact) mass is 275 g/mol. The number of amides is 1. The number of hydrogen-bond donors (Lipinski definition) is 1. The van der Waals surface area contributed by atoms with Crippen molar-refractivity contribution in [2.24, 2.45) is 0 Å². The minimum Gasteiger partial charge on any atom is -0.343 e. The van der Waals surface area contributed by atoms with Gasteiger partial charge in [0.05, 0.1) is 16.7 Å². The molecule has 2 rings (SSSR count). The molecule has 0 aliphatic rings. The van der Waals surface area contributed by atoms with Gasteiger partial charge in [0.2, 0.25) is 0 Å². The van der Waals surface area contributed by atoms with Gasteiger partial charge in [0, 0.05) is 10.6 Å². The van der Waals surface area contributed by atoms with E-state index < -0.39 is 0 Å². The smallest absolute Gasteiger partial charge is 0.270 e. The molecule has 0 aromatic carbocycles. The van der Waals surface area contributed by atoms with Gasteiger partial charge in [-0.25, -0.2) is 9.97 Å². The van der Waals surface area contributed by atoms with Crippen LogP contribution < -0.4 is 5.32 Å². The molecule has 1 N–H and O–H groups in total. The van der Waals surface area contributed by atoms with E-state index in [-0.39, 0.29) is 11.9 Å². The zero-order valence-electron chi connectivity index (χ0n) is 11.5. The number of aromatic nitrogens is 2. The maximum atomic E-state index is 12.1. The topological polar surface area (TPSA) is 54.9 Å². The molecular weight excluding hydrogens is 258 g/mol. The summed E-state index contributed by atoms with van der Waals surface area (Å²) < 4.78 is 0. The molecule has 0 aliphatic heterocycles. The number of nitrogens with one attached hydrogen (secondary N) is 1. The fraction of sp³-hybridized carbons (Fsp3) is 0.357. The predicted octanol–water partition coefficient (Wildman–Crippen LogP) is 2.95. The first kappa shape index (κ1) is 13.7. The van der Waals surface area contributed by atoms with E-state index in [0.717, 1.165) is 21.3 Å². The lowest BCUT2D eigenvalue weighted by Gasteiger charge is -2.12. The summed E-state index contributed by atoms with van der Waals surface area (Å²) in [6.07, 6.45) is 0. The van der Waals surface area contributed by atoms with Crippen molar-refractivity contribution in [3.8, 4) is 0 Å². The lowest BCUT2D eigenvalue weighted by molar-refractivity contribution is 0.0935. The van der Waals surface area contributed by atoms with Gasteiger partial charge < -0.3 is 5.32 Å². The second kappa shape index (κ2) is 5.48. The summed E-state index contributed by atoms with van der Waals surface area (Å²) in [5.74, 6) is -0.151. The molecule has 19 heavy (non-hydrogen) atoms. The van der Waals surface area contributed by atoms with Crippen LogP contribution in [-0.4, -0.2) is 15.9 Å². The highest BCUT2D eigenvalue weighted by Gasteiger charge is 2.16. The summed E-state index contributed by atoms with van der Waals surface area (Å²) in [5.41, 5.74) is 2.27. The third-order valence-electron chi connectivity index (χ3n) is 2.80. The third kappa shape index (κ3) is 3.17. The summed E-state index contributed by atoms with van der Waals surface area (Å²) in [6, 6.07) is 5.38. The van der Waals surface area contributed by atoms with Crippen molar-refractivity contribution in [2.45, 2.75) is 33.7 Å². The van der Waals surface area contributed by atoms with Crippen LogP contribution in [0.2, 0.25) is 0 Å². The Morgan fingerprint density at radius 1 is 1.26 bits per heavy atom. The molecule has 1 atom stereocenters. The Balaban J connectivity index is 2.13. The SMILES string of the molecule is Cc1cccc(C(=O)NC(C)c2sc(C)nc2C)n1. The molecule has 0 aliphatic carbocycles. The van der Waals surface area contributed by atoms with Crippen LogP contribution in [0.1, 0.15) is 44.7 Å². The van der Waals surface area contributed by atoms with Crippen LogP contribution in [0.25, 0.3) is 0 Å². The van der Waals surface area contributed by atoms with E-state index in [2.05, 4.69) is 15.3 Å². The maximum absolute atomic E-state index is 12.1. The Bertz CT molecular complexity index is 606. The normalized spacial score (nSPS) is 12.2. The van der Waals surface area contributed by atoms with E-state index in [1.807, 2.05) is 39.8 Å². The summed E-state index contributed by atoms with van der Waals surface area (Å²) in [5, 5.41) is 3.98. The van der Waals surface area contributed by atoms with Crippen molar-refractivity contribution >= 4 is 17.2 Å². The highest BCUT2D eigenvalue weighted by molar-refractivity contribution is 7.11. The number of carbonyl (C=O) groups excluding carboxylic acids is 1. The zero-order valence-corrected chi connectivity index (χ0v) is 12.3. The van der Waals surface area contributed by atoms with Crippen molar-refractivity contribution in [1.29, 1.82) is 0 Å². The molecule has 4 nitrogen and oxygen atoms in total. The van der Waals surface area contributed by atoms with E-state index in [1.165, 1.54) is 0 Å². The van der Waals surface area contributed by atoms with Gasteiger partial charge in [-0.2, -0.15) is 0 Å². The van der Waals surface area contributed by atoms with Crippen LogP contribution in [-0.2, 0) is 0 Å². The Labute approximate surface area is 116 Å². The molecular formula is C14H17N3OS. The molecule has 0 radical (unpaired) electrons. The number of nitrogens with zero attached hydrogens (tertiary/aromatic N) is 2. The van der Waals surface area contributed by atoms with Crippen molar-refractivity contribution in [3.63, 3.8) is 0 Å². The van der Waals surface area contributed by atoms with Crippen LogP contribution in [0.15, 0.2) is 18.2 Å². The van der Waals surface area contributed by atoms with Crippen molar-refractivity contribution in [1.82, 2.24) is 15.3 Å². The zero-order chi connectivity index (χ0) is 14.0. The Morgan fingerprint density at radius 3 is 2.58 bits per heavy atom. The average Bonchev–Trinajstić information content (AvgIpc) is 2.68. The molecule has 2 aromatic heterocycles. The summed E-state index contributed by atoms with van der Waals surface area (Å²) >= 11 is 1.62. The van der Waals surface area contributed by atoms with Gasteiger partial charge in [0.25, 0.3) is 5.91 Å². The first-order valence-corrected chi connectivity index (χ1v) is 6.97. The number of thiazole rings is 1. The Morgan fingerprint density at radius 2 is 2.00 bits per heavy atom. The van der Waals surface area contributed by atoms with Crippen molar-refractivity contribution in [2.75, 3.05) is 0 Å². The molecule has 100 valence electrons. The first-order valence-electron chi connectivity index (χ1n) is 6.16. The second-order valence-electron chi connectivity index (χ2n) is 4.54. The largest absolute Gasteiger partial charge is 0.343 e. The fourth-order valence-corrected chi connectivity index (χ4v) is 2.88. The van der Waals surface area contributed by atoms with Gasteiger partial charge in [-0.1, -0.05) is 6.07 Å². The Kier molecular flexibility index (Phi) is 3.95. The van der Waals surface area contributed by atoms with Crippen LogP contribution in [0.4, 0.5) is 0 Å². The highest BCUT2D eigenvalue weighted by Crippen LogP contribution is 2.24. The second-order valence-corrected chi connectivity index (χ2v) is 5.78. The van der Waals surface area contributed by atoms with E-state index in [4.69, 9.17) is 0 Å². The molecule has 1 unspecified atom stereocenters. The van der Waals surface area contributed by atoms with Gasteiger partial charge in [0.1, 0.15) is 5.69 Å². The number of carbonyl (C=O) groups is 1. The minimum absolute atomic E-state index is 0.0546. The van der Waals surface area contributed by atoms with Gasteiger partial charge in [-0.05, 0) is 39.8 Å². The van der Waals surface area contributed by atoms with Crippen LogP contribution in [0.3, 0.4) is 0 Å². The molecule has 1 amide bonds. The van der Waals surface area contributed by atoms with Crippen molar-refractivity contribution in [3.05, 3.63) is 45.2 Å². The molecule has 0 spiro atoms. The molecule has 0 saturated heterocycles. The van der Waals surface area contributed by atoms with Gasteiger partial charge in [0.15, 0.2) is 0 Å². The molecule has 0 bridgehead atoms. The number of hydrogen-bond acceptors (Lipinski definition) is 4. The van der Waals surface area contributed by atoms with Crippen molar-refractivity contribution < 1.29 is 4.79 Å². The van der Waals surface area contributed by atoms with E-state index >= 15 is 0 Å². The highest BCUT2D eigenvalue weighted by atomic mass is 32.1. The number of aryl methyl sites for hydroxylation is 3. The first-order chi connectivity index (χ1) is 8.97. The lowest BCUT2D eigenvalue weighted by atomic mass is 10.2. The van der Waals surface area contributed by atoms with Crippen LogP contribution in [0, 0.1) is 20.8 Å². The van der Waals surface area contributed by atoms with E-state index in [1.54, 1.807) is 17.4 Å². The standard InChI is InChI=1S/C14H17N3OS/c1-8-6-5-7-12(15-8)14(18)17-10(3)13-9(2)16-11(4)19-13/h5-7,10H,1-4H3,(H,17,18). The lowest BCUT2D eigenvalue weighted by Crippen LogP contribution is -2.27. The van der Waals surface area contributed by atoms with E-state index in [9.17, 15) is 4.79 Å². The molecule has 0 saturated carbocycles. The molecule has 2 heterocycles. The van der Waals surface area contributed by atoms with Gasteiger partial charge in [-0.15, -0.1) is 11.3 Å². The average molecular weight is 275 g/mol. The van der Waals surface area contributed by atoms with Crippen LogP contribution >= 0.6 is 11.3 Å². The molecule has 5 heteroatoms. The van der Waals surface area contributed by atoms with Gasteiger partial charge >= 0.3 is 0 Å². The molecule has 0 fully saturated rings. The summed E-state index contributed by atoms with van der Waals surface area (Å²) in [4.78, 5) is 21.8.